The van der Waals surface area contributed by atoms with E-state index in [0.29, 0.717) is 6.54 Å². The summed E-state index contributed by atoms with van der Waals surface area (Å²) in [6.45, 7) is 5.41. The summed E-state index contributed by atoms with van der Waals surface area (Å²) in [5, 5.41) is 14.3. The summed E-state index contributed by atoms with van der Waals surface area (Å²) in [6.07, 6.45) is 2.29. The summed E-state index contributed by atoms with van der Waals surface area (Å²) in [5.41, 5.74) is 1.92. The van der Waals surface area contributed by atoms with Crippen molar-refractivity contribution >= 4 is 34.7 Å². The molecule has 0 saturated carbocycles. The van der Waals surface area contributed by atoms with E-state index in [0.717, 1.165) is 46.6 Å². The summed E-state index contributed by atoms with van der Waals surface area (Å²) >= 11 is 3.07. The second kappa shape index (κ2) is 9.11. The molecule has 0 aliphatic carbocycles. The minimum Gasteiger partial charge on any atom is -0.376 e. The highest BCUT2D eigenvalue weighted by Gasteiger charge is 2.25. The molecule has 1 aliphatic heterocycles. The van der Waals surface area contributed by atoms with Crippen molar-refractivity contribution in [2.75, 3.05) is 11.9 Å². The number of rotatable bonds is 7. The van der Waals surface area contributed by atoms with Crippen LogP contribution in [0.5, 0.6) is 0 Å². The van der Waals surface area contributed by atoms with Gasteiger partial charge < -0.3 is 10.1 Å². The number of ether oxygens (including phenoxy) is 1. The molecule has 8 heteroatoms. The maximum absolute atomic E-state index is 12.7. The number of aromatic nitrogens is 3. The van der Waals surface area contributed by atoms with Crippen molar-refractivity contribution in [1.82, 2.24) is 14.8 Å². The molecule has 3 heterocycles. The Morgan fingerprint density at radius 1 is 1.38 bits per heavy atom. The first kappa shape index (κ1) is 20.1. The van der Waals surface area contributed by atoms with Crippen molar-refractivity contribution in [1.29, 1.82) is 0 Å². The van der Waals surface area contributed by atoms with Crippen LogP contribution in [0, 0.1) is 6.92 Å². The SMILES string of the molecule is Cc1cccc(NC(=O)[C@H](C)Sc2nnc(-c3cccs3)n2C[C@@H]2CCCO2)c1. The molecule has 1 saturated heterocycles. The molecular weight excluding hydrogens is 404 g/mol. The molecular formula is C21H24N4O2S2. The molecule has 0 spiro atoms. The Labute approximate surface area is 178 Å². The molecule has 0 radical (unpaired) electrons. The van der Waals surface area contributed by atoms with Crippen LogP contribution in [0.1, 0.15) is 25.3 Å². The highest BCUT2D eigenvalue weighted by atomic mass is 32.2. The van der Waals surface area contributed by atoms with Gasteiger partial charge >= 0.3 is 0 Å². The molecule has 3 aromatic rings. The van der Waals surface area contributed by atoms with E-state index in [1.807, 2.05) is 55.6 Å². The zero-order chi connectivity index (χ0) is 20.2. The second-order valence-corrected chi connectivity index (χ2v) is 9.40. The number of hydrogen-bond acceptors (Lipinski definition) is 6. The van der Waals surface area contributed by atoms with E-state index < -0.39 is 0 Å². The number of hydrogen-bond donors (Lipinski definition) is 1. The average molecular weight is 429 g/mol. The third kappa shape index (κ3) is 4.88. The first-order valence-electron chi connectivity index (χ1n) is 9.73. The van der Waals surface area contributed by atoms with Crippen LogP contribution in [-0.4, -0.2) is 38.6 Å². The van der Waals surface area contributed by atoms with Crippen molar-refractivity contribution in [3.05, 3.63) is 47.3 Å². The summed E-state index contributed by atoms with van der Waals surface area (Å²) in [5.74, 6) is 0.786. The number of benzene rings is 1. The predicted octanol–water partition coefficient (Wildman–Crippen LogP) is 4.61. The standard InChI is InChI=1S/C21H24N4O2S2/c1-14-6-3-7-16(12-14)22-20(26)15(2)29-21-24-23-19(18-9-5-11-28-18)25(21)13-17-8-4-10-27-17/h3,5-7,9,11-12,15,17H,4,8,10,13H2,1-2H3,(H,22,26)/t15-,17-/m0/s1. The molecule has 0 bridgehead atoms. The number of thioether (sulfide) groups is 1. The van der Waals surface area contributed by atoms with Gasteiger partial charge in [-0.2, -0.15) is 0 Å². The Kier molecular flexibility index (Phi) is 6.32. The lowest BCUT2D eigenvalue weighted by Gasteiger charge is -2.16. The lowest BCUT2D eigenvalue weighted by Crippen LogP contribution is -2.23. The third-order valence-corrected chi connectivity index (χ3v) is 6.75. The monoisotopic (exact) mass is 428 g/mol. The molecule has 152 valence electrons. The van der Waals surface area contributed by atoms with Crippen LogP contribution in [0.15, 0.2) is 46.9 Å². The number of nitrogens with one attached hydrogen (secondary N) is 1. The molecule has 1 fully saturated rings. The van der Waals surface area contributed by atoms with Gasteiger partial charge in [0, 0.05) is 12.3 Å². The minimum atomic E-state index is -0.306. The number of anilines is 1. The third-order valence-electron chi connectivity index (χ3n) is 4.81. The molecule has 2 atom stereocenters. The van der Waals surface area contributed by atoms with Gasteiger partial charge in [0.1, 0.15) is 0 Å². The average Bonchev–Trinajstić information content (AvgIpc) is 3.45. The summed E-state index contributed by atoms with van der Waals surface area (Å²) < 4.78 is 7.93. The first-order chi connectivity index (χ1) is 14.1. The highest BCUT2D eigenvalue weighted by molar-refractivity contribution is 8.00. The van der Waals surface area contributed by atoms with Crippen LogP contribution < -0.4 is 5.32 Å². The number of nitrogens with zero attached hydrogens (tertiary/aromatic N) is 3. The number of amides is 1. The Hall–Kier alpha value is -2.16. The van der Waals surface area contributed by atoms with Crippen molar-refractivity contribution in [2.24, 2.45) is 0 Å². The highest BCUT2D eigenvalue weighted by Crippen LogP contribution is 2.31. The van der Waals surface area contributed by atoms with Crippen LogP contribution in [0.4, 0.5) is 5.69 Å². The Bertz CT molecular complexity index is 965. The molecule has 1 aliphatic rings. The van der Waals surface area contributed by atoms with Crippen LogP contribution >= 0.6 is 23.1 Å². The van der Waals surface area contributed by atoms with E-state index >= 15 is 0 Å². The normalized spacial score (nSPS) is 17.4. The van der Waals surface area contributed by atoms with E-state index in [1.54, 1.807) is 11.3 Å². The fraction of sp³-hybridized carbons (Fsp3) is 0.381. The van der Waals surface area contributed by atoms with Gasteiger partial charge in [-0.25, -0.2) is 0 Å². The largest absolute Gasteiger partial charge is 0.376 e. The topological polar surface area (TPSA) is 69.0 Å². The summed E-state index contributed by atoms with van der Waals surface area (Å²) in [7, 11) is 0. The van der Waals surface area contributed by atoms with Gasteiger partial charge in [0.25, 0.3) is 0 Å². The predicted molar refractivity (Wildman–Crippen MR) is 117 cm³/mol. The number of carbonyl (C=O) groups excluding carboxylic acids is 1. The van der Waals surface area contributed by atoms with Gasteiger partial charge in [0.2, 0.25) is 5.91 Å². The molecule has 2 aromatic heterocycles. The molecule has 0 unspecified atom stereocenters. The Morgan fingerprint density at radius 3 is 3.00 bits per heavy atom. The van der Waals surface area contributed by atoms with Gasteiger partial charge in [-0.1, -0.05) is 30.0 Å². The first-order valence-corrected chi connectivity index (χ1v) is 11.5. The molecule has 6 nitrogen and oxygen atoms in total. The smallest absolute Gasteiger partial charge is 0.237 e. The van der Waals surface area contributed by atoms with Crippen molar-refractivity contribution in [2.45, 2.75) is 49.7 Å². The van der Waals surface area contributed by atoms with Gasteiger partial charge in [0.15, 0.2) is 11.0 Å². The molecule has 1 aromatic carbocycles. The molecule has 1 amide bonds. The van der Waals surface area contributed by atoms with E-state index in [1.165, 1.54) is 11.8 Å². The van der Waals surface area contributed by atoms with Crippen molar-refractivity contribution in [3.63, 3.8) is 0 Å². The lowest BCUT2D eigenvalue weighted by molar-refractivity contribution is -0.115. The molecule has 29 heavy (non-hydrogen) atoms. The van der Waals surface area contributed by atoms with E-state index in [9.17, 15) is 4.79 Å². The maximum atomic E-state index is 12.7. The van der Waals surface area contributed by atoms with Gasteiger partial charge in [0.05, 0.1) is 22.8 Å². The Morgan fingerprint density at radius 2 is 2.28 bits per heavy atom. The van der Waals surface area contributed by atoms with Gasteiger partial charge in [-0.3, -0.25) is 9.36 Å². The maximum Gasteiger partial charge on any atom is 0.237 e. The van der Waals surface area contributed by atoms with E-state index in [-0.39, 0.29) is 17.3 Å². The van der Waals surface area contributed by atoms with E-state index in [2.05, 4.69) is 20.1 Å². The number of aryl methyl sites for hydroxylation is 1. The zero-order valence-electron chi connectivity index (χ0n) is 16.5. The summed E-state index contributed by atoms with van der Waals surface area (Å²) in [6, 6.07) is 11.9. The minimum absolute atomic E-state index is 0.0510. The van der Waals surface area contributed by atoms with Gasteiger partial charge in [-0.15, -0.1) is 21.5 Å². The lowest BCUT2D eigenvalue weighted by atomic mass is 10.2. The van der Waals surface area contributed by atoms with Crippen molar-refractivity contribution < 1.29 is 9.53 Å². The quantitative estimate of drug-likeness (QED) is 0.557. The van der Waals surface area contributed by atoms with Crippen LogP contribution in [-0.2, 0) is 16.1 Å². The second-order valence-electron chi connectivity index (χ2n) is 7.15. The van der Waals surface area contributed by atoms with Crippen LogP contribution in [0.3, 0.4) is 0 Å². The van der Waals surface area contributed by atoms with Gasteiger partial charge in [-0.05, 0) is 55.8 Å². The number of carbonyl (C=O) groups is 1. The van der Waals surface area contributed by atoms with E-state index in [4.69, 9.17) is 4.74 Å². The van der Waals surface area contributed by atoms with Crippen LogP contribution in [0.2, 0.25) is 0 Å². The zero-order valence-corrected chi connectivity index (χ0v) is 18.1. The molecule has 1 N–H and O–H groups in total. The number of thiophene rings is 1. The fourth-order valence-corrected chi connectivity index (χ4v) is 4.87. The van der Waals surface area contributed by atoms with Crippen molar-refractivity contribution in [3.8, 4) is 10.7 Å². The Balaban J connectivity index is 1.51. The van der Waals surface area contributed by atoms with Crippen LogP contribution in [0.25, 0.3) is 10.7 Å². The fourth-order valence-electron chi connectivity index (χ4n) is 3.30. The molecule has 4 rings (SSSR count). The summed E-state index contributed by atoms with van der Waals surface area (Å²) in [4.78, 5) is 13.8.